The van der Waals surface area contributed by atoms with Crippen LogP contribution in [0.15, 0.2) is 17.6 Å². The van der Waals surface area contributed by atoms with E-state index in [1.807, 2.05) is 0 Å². The lowest BCUT2D eigenvalue weighted by Crippen LogP contribution is -2.00. The number of hydrogen-bond acceptors (Lipinski definition) is 6. The third kappa shape index (κ3) is 1.98. The number of allylic oxidation sites excluding steroid dienone is 1. The lowest BCUT2D eigenvalue weighted by molar-refractivity contribution is 0.455. The second-order valence-electron chi connectivity index (χ2n) is 2.60. The Morgan fingerprint density at radius 1 is 1.50 bits per heavy atom. The third-order valence-corrected chi connectivity index (χ3v) is 1.49. The van der Waals surface area contributed by atoms with E-state index in [1.54, 1.807) is 6.92 Å². The molecule has 0 aliphatic carbocycles. The van der Waals surface area contributed by atoms with Crippen LogP contribution in [0.5, 0.6) is 5.88 Å². The smallest absolute Gasteiger partial charge is 0.244 e. The van der Waals surface area contributed by atoms with Crippen molar-refractivity contribution in [2.45, 2.75) is 6.92 Å². The van der Waals surface area contributed by atoms with Crippen molar-refractivity contribution in [1.82, 2.24) is 9.97 Å². The highest BCUT2D eigenvalue weighted by Crippen LogP contribution is 2.29. The summed E-state index contributed by atoms with van der Waals surface area (Å²) in [6.45, 7) is 5.23. The van der Waals surface area contributed by atoms with Gasteiger partial charge in [0.05, 0.1) is 0 Å². The van der Waals surface area contributed by atoms with E-state index in [1.165, 1.54) is 6.08 Å². The number of aliphatic imine (C=N–C) groups is 1. The van der Waals surface area contributed by atoms with Gasteiger partial charge < -0.3 is 16.6 Å². The van der Waals surface area contributed by atoms with Crippen LogP contribution in [0, 0.1) is 0 Å². The Morgan fingerprint density at radius 3 is 2.64 bits per heavy atom. The Hall–Kier alpha value is -2.11. The molecule has 5 N–H and O–H groups in total. The summed E-state index contributed by atoms with van der Waals surface area (Å²) in [7, 11) is 0. The Morgan fingerprint density at radius 2 is 2.14 bits per heavy atom. The normalized spacial score (nSPS) is 11.4. The number of aromatic hydroxyl groups is 1. The van der Waals surface area contributed by atoms with Crippen LogP contribution in [0.2, 0.25) is 0 Å². The first kappa shape index (κ1) is 9.97. The summed E-state index contributed by atoms with van der Waals surface area (Å²) >= 11 is 0. The van der Waals surface area contributed by atoms with Crippen molar-refractivity contribution in [2.75, 3.05) is 11.5 Å². The van der Waals surface area contributed by atoms with Crippen LogP contribution in [-0.4, -0.2) is 20.8 Å². The molecule has 74 valence electrons. The maximum absolute atomic E-state index is 9.36. The number of hydrogen-bond donors (Lipinski definition) is 3. The number of nitrogens with zero attached hydrogens (tertiary/aromatic N) is 3. The minimum Gasteiger partial charge on any atom is -0.492 e. The van der Waals surface area contributed by atoms with Crippen molar-refractivity contribution in [3.63, 3.8) is 0 Å². The first-order chi connectivity index (χ1) is 6.54. The molecule has 1 aromatic heterocycles. The standard InChI is InChI=1S/C8H11N5O/c1-3-4(2)11-5-6(9)12-8(10)13-7(5)14/h3H,1H2,2H3,(H5,9,10,12,13,14)/b11-4-. The van der Waals surface area contributed by atoms with Gasteiger partial charge in [0.15, 0.2) is 11.5 Å². The van der Waals surface area contributed by atoms with Gasteiger partial charge in [0.2, 0.25) is 11.8 Å². The van der Waals surface area contributed by atoms with E-state index in [4.69, 9.17) is 11.5 Å². The van der Waals surface area contributed by atoms with Crippen LogP contribution >= 0.6 is 0 Å². The molecule has 1 aromatic rings. The molecular formula is C8H11N5O. The number of nitrogens with two attached hydrogens (primary N) is 2. The van der Waals surface area contributed by atoms with Gasteiger partial charge in [-0.1, -0.05) is 6.58 Å². The molecule has 0 fully saturated rings. The van der Waals surface area contributed by atoms with Gasteiger partial charge in [0.1, 0.15) is 0 Å². The predicted molar refractivity (Wildman–Crippen MR) is 55.5 cm³/mol. The van der Waals surface area contributed by atoms with Crippen LogP contribution in [-0.2, 0) is 0 Å². The summed E-state index contributed by atoms with van der Waals surface area (Å²) in [5, 5.41) is 9.36. The molecule has 0 bridgehead atoms. The SMILES string of the molecule is C=C/C(C)=N\c1c(N)nc(N)nc1O. The Labute approximate surface area is 81.0 Å². The molecule has 0 radical (unpaired) electrons. The molecule has 14 heavy (non-hydrogen) atoms. The molecule has 0 atom stereocenters. The fourth-order valence-electron chi connectivity index (χ4n) is 0.807. The third-order valence-electron chi connectivity index (χ3n) is 1.49. The Kier molecular flexibility index (Phi) is 2.66. The Bertz CT molecular complexity index is 376. The molecule has 6 nitrogen and oxygen atoms in total. The van der Waals surface area contributed by atoms with E-state index in [0.29, 0.717) is 5.71 Å². The number of nitrogen functional groups attached to an aromatic ring is 2. The highest BCUT2D eigenvalue weighted by Gasteiger charge is 2.08. The molecule has 0 unspecified atom stereocenters. The van der Waals surface area contributed by atoms with Gasteiger partial charge in [-0.2, -0.15) is 9.97 Å². The molecule has 1 rings (SSSR count). The highest BCUT2D eigenvalue weighted by molar-refractivity contribution is 5.95. The van der Waals surface area contributed by atoms with Crippen molar-refractivity contribution in [3.8, 4) is 5.88 Å². The summed E-state index contributed by atoms with van der Waals surface area (Å²) in [6, 6.07) is 0. The maximum Gasteiger partial charge on any atom is 0.244 e. The zero-order valence-corrected chi connectivity index (χ0v) is 7.73. The summed E-state index contributed by atoms with van der Waals surface area (Å²) < 4.78 is 0. The molecule has 0 spiro atoms. The first-order valence-electron chi connectivity index (χ1n) is 3.84. The van der Waals surface area contributed by atoms with Gasteiger partial charge in [-0.3, -0.25) is 0 Å². The predicted octanol–water partition coefficient (Wildman–Crippen LogP) is 0.625. The van der Waals surface area contributed by atoms with Crippen molar-refractivity contribution in [1.29, 1.82) is 0 Å². The zero-order valence-electron chi connectivity index (χ0n) is 7.73. The summed E-state index contributed by atoms with van der Waals surface area (Å²) in [5.74, 6) is -0.386. The van der Waals surface area contributed by atoms with E-state index in [0.717, 1.165) is 0 Å². The van der Waals surface area contributed by atoms with Crippen LogP contribution in [0.1, 0.15) is 6.92 Å². The molecular weight excluding hydrogens is 182 g/mol. The largest absolute Gasteiger partial charge is 0.492 e. The van der Waals surface area contributed by atoms with Crippen molar-refractivity contribution in [2.24, 2.45) is 4.99 Å². The van der Waals surface area contributed by atoms with E-state index in [-0.39, 0.29) is 23.3 Å². The van der Waals surface area contributed by atoms with Crippen LogP contribution in [0.4, 0.5) is 17.5 Å². The summed E-state index contributed by atoms with van der Waals surface area (Å²) in [6.07, 6.45) is 1.52. The second-order valence-corrected chi connectivity index (χ2v) is 2.60. The number of anilines is 2. The number of rotatable bonds is 2. The van der Waals surface area contributed by atoms with E-state index < -0.39 is 0 Å². The quantitative estimate of drug-likeness (QED) is 0.596. The second kappa shape index (κ2) is 3.73. The van der Waals surface area contributed by atoms with Crippen molar-refractivity contribution >= 4 is 23.2 Å². The molecule has 0 aliphatic heterocycles. The van der Waals surface area contributed by atoms with Gasteiger partial charge >= 0.3 is 0 Å². The molecule has 0 amide bonds. The Balaban J connectivity index is 3.28. The van der Waals surface area contributed by atoms with Gasteiger partial charge in [0.25, 0.3) is 0 Å². The number of aromatic nitrogens is 2. The maximum atomic E-state index is 9.36. The molecule has 6 heteroatoms. The van der Waals surface area contributed by atoms with Crippen LogP contribution in [0.25, 0.3) is 0 Å². The summed E-state index contributed by atoms with van der Waals surface area (Å²) in [5.41, 5.74) is 11.5. The minimum absolute atomic E-state index is 0.0381. The average molecular weight is 193 g/mol. The van der Waals surface area contributed by atoms with Crippen LogP contribution < -0.4 is 11.5 Å². The topological polar surface area (TPSA) is 110 Å². The monoisotopic (exact) mass is 193 g/mol. The molecule has 0 aromatic carbocycles. The van der Waals surface area contributed by atoms with E-state index in [9.17, 15) is 5.11 Å². The van der Waals surface area contributed by atoms with Gasteiger partial charge in [-0.25, -0.2) is 4.99 Å². The average Bonchev–Trinajstić information content (AvgIpc) is 2.10. The fourth-order valence-corrected chi connectivity index (χ4v) is 0.807. The van der Waals surface area contributed by atoms with Gasteiger partial charge in [0, 0.05) is 5.71 Å². The zero-order chi connectivity index (χ0) is 10.7. The molecule has 0 saturated heterocycles. The van der Waals surface area contributed by atoms with Crippen molar-refractivity contribution in [3.05, 3.63) is 12.7 Å². The van der Waals surface area contributed by atoms with E-state index in [2.05, 4.69) is 21.5 Å². The lowest BCUT2D eigenvalue weighted by Gasteiger charge is -2.02. The van der Waals surface area contributed by atoms with E-state index >= 15 is 0 Å². The lowest BCUT2D eigenvalue weighted by atomic mass is 10.4. The van der Waals surface area contributed by atoms with Gasteiger partial charge in [-0.15, -0.1) is 0 Å². The van der Waals surface area contributed by atoms with Crippen molar-refractivity contribution < 1.29 is 5.11 Å². The highest BCUT2D eigenvalue weighted by atomic mass is 16.3. The van der Waals surface area contributed by atoms with Gasteiger partial charge in [-0.05, 0) is 13.0 Å². The van der Waals surface area contributed by atoms with Crippen LogP contribution in [0.3, 0.4) is 0 Å². The minimum atomic E-state index is -0.337. The molecule has 0 saturated carbocycles. The summed E-state index contributed by atoms with van der Waals surface area (Å²) in [4.78, 5) is 11.1. The first-order valence-corrected chi connectivity index (χ1v) is 3.84. The molecule has 0 aliphatic rings. The molecule has 1 heterocycles. The fraction of sp³-hybridized carbons (Fsp3) is 0.125.